The van der Waals surface area contributed by atoms with Gasteiger partial charge in [-0.1, -0.05) is 45.0 Å². The first-order valence-corrected chi connectivity index (χ1v) is 10.8. The average molecular weight is 400 g/mol. The number of carbonyl (C=O) groups excluding carboxylic acids is 1. The normalized spacial score (nSPS) is 11.9. The molecule has 0 saturated heterocycles. The largest absolute Gasteiger partial charge is 0.346 e. The maximum atomic E-state index is 12.9. The van der Waals surface area contributed by atoms with Crippen LogP contribution in [-0.2, 0) is 23.0 Å². The van der Waals surface area contributed by atoms with Crippen molar-refractivity contribution in [3.05, 3.63) is 59.8 Å². The lowest BCUT2D eigenvalue weighted by atomic mass is 10.1. The van der Waals surface area contributed by atoms with Crippen molar-refractivity contribution in [2.45, 2.75) is 38.6 Å². The summed E-state index contributed by atoms with van der Waals surface area (Å²) in [6, 6.07) is 12.5. The molecule has 0 saturated carbocycles. The number of sulfonamides is 1. The van der Waals surface area contributed by atoms with E-state index in [2.05, 4.69) is 23.7 Å². The Bertz CT molecular complexity index is 1130. The predicted molar refractivity (Wildman–Crippen MR) is 112 cm³/mol. The Labute approximate surface area is 165 Å². The molecule has 6 nitrogen and oxygen atoms in total. The lowest BCUT2D eigenvalue weighted by Gasteiger charge is -2.10. The van der Waals surface area contributed by atoms with Crippen molar-refractivity contribution in [1.29, 1.82) is 0 Å². The third kappa shape index (κ3) is 4.10. The van der Waals surface area contributed by atoms with Crippen molar-refractivity contribution < 1.29 is 13.2 Å². The minimum Gasteiger partial charge on any atom is -0.346 e. The number of aryl methyl sites for hydroxylation is 1. The molecule has 0 unspecified atom stereocenters. The van der Waals surface area contributed by atoms with Crippen molar-refractivity contribution in [3.8, 4) is 0 Å². The quantitative estimate of drug-likeness (QED) is 0.661. The zero-order valence-electron chi connectivity index (χ0n) is 16.3. The van der Waals surface area contributed by atoms with Gasteiger partial charge in [0.1, 0.15) is 0 Å². The van der Waals surface area contributed by atoms with Gasteiger partial charge in [-0.2, -0.15) is 0 Å². The van der Waals surface area contributed by atoms with E-state index >= 15 is 0 Å². The maximum absolute atomic E-state index is 12.9. The summed E-state index contributed by atoms with van der Waals surface area (Å²) >= 11 is 0. The Morgan fingerprint density at radius 1 is 1.18 bits per heavy atom. The van der Waals surface area contributed by atoms with Gasteiger partial charge in [0.2, 0.25) is 10.0 Å². The fourth-order valence-corrected chi connectivity index (χ4v) is 4.23. The number of nitrogens with two attached hydrogens (primary N) is 1. The second-order valence-electron chi connectivity index (χ2n) is 7.28. The molecule has 1 aromatic heterocycles. The summed E-state index contributed by atoms with van der Waals surface area (Å²) in [5.74, 6) is 0.147. The van der Waals surface area contributed by atoms with Gasteiger partial charge in [0, 0.05) is 29.3 Å². The molecule has 0 spiro atoms. The Kier molecular flexibility index (Phi) is 5.58. The standard InChI is InChI=1S/C21H25N3O3S/c1-4-15-9-10-16(11-20(15)28(22,26)27)23-21(25)18-13-24(12-14(2)3)19-8-6-5-7-17(18)19/h5-11,13-14H,4,12H2,1-3H3,(H,23,25)(H2,22,26,27). The highest BCUT2D eigenvalue weighted by Crippen LogP contribution is 2.25. The molecular weight excluding hydrogens is 374 g/mol. The highest BCUT2D eigenvalue weighted by molar-refractivity contribution is 7.89. The van der Waals surface area contributed by atoms with Crippen molar-refractivity contribution >= 4 is 32.5 Å². The molecular formula is C21H25N3O3S. The Morgan fingerprint density at radius 3 is 2.54 bits per heavy atom. The smallest absolute Gasteiger partial charge is 0.257 e. The number of amides is 1. The van der Waals surface area contributed by atoms with Crippen LogP contribution in [0.2, 0.25) is 0 Å². The summed E-state index contributed by atoms with van der Waals surface area (Å²) in [5.41, 5.74) is 2.56. The van der Waals surface area contributed by atoms with E-state index in [1.807, 2.05) is 37.4 Å². The molecule has 28 heavy (non-hydrogen) atoms. The van der Waals surface area contributed by atoms with Crippen LogP contribution in [0.4, 0.5) is 5.69 Å². The van der Waals surface area contributed by atoms with Crippen LogP contribution in [0.1, 0.15) is 36.7 Å². The van der Waals surface area contributed by atoms with Gasteiger partial charge >= 0.3 is 0 Å². The summed E-state index contributed by atoms with van der Waals surface area (Å²) in [6.07, 6.45) is 2.38. The van der Waals surface area contributed by atoms with Crippen molar-refractivity contribution in [3.63, 3.8) is 0 Å². The van der Waals surface area contributed by atoms with E-state index in [1.165, 1.54) is 6.07 Å². The van der Waals surface area contributed by atoms with E-state index in [-0.39, 0.29) is 10.8 Å². The predicted octanol–water partition coefficient (Wildman–Crippen LogP) is 3.76. The van der Waals surface area contributed by atoms with E-state index in [1.54, 1.807) is 12.1 Å². The van der Waals surface area contributed by atoms with E-state index in [0.717, 1.165) is 17.4 Å². The van der Waals surface area contributed by atoms with Gasteiger partial charge in [0.25, 0.3) is 5.91 Å². The minimum absolute atomic E-state index is 0.0371. The summed E-state index contributed by atoms with van der Waals surface area (Å²) in [5, 5.41) is 8.99. The fourth-order valence-electron chi connectivity index (χ4n) is 3.36. The molecule has 0 radical (unpaired) electrons. The molecule has 2 aromatic carbocycles. The number of rotatable bonds is 6. The van der Waals surface area contributed by atoms with Gasteiger partial charge in [-0.15, -0.1) is 0 Å². The lowest BCUT2D eigenvalue weighted by Crippen LogP contribution is -2.16. The Morgan fingerprint density at radius 2 is 1.89 bits per heavy atom. The number of nitrogens with one attached hydrogen (secondary N) is 1. The van der Waals surface area contributed by atoms with Crippen molar-refractivity contribution in [2.24, 2.45) is 11.1 Å². The summed E-state index contributed by atoms with van der Waals surface area (Å²) in [4.78, 5) is 13.0. The first-order chi connectivity index (χ1) is 13.2. The van der Waals surface area contributed by atoms with Crippen LogP contribution in [0, 0.1) is 5.92 Å². The van der Waals surface area contributed by atoms with Crippen LogP contribution in [0.15, 0.2) is 53.6 Å². The molecule has 3 N–H and O–H groups in total. The fraction of sp³-hybridized carbons (Fsp3) is 0.286. The van der Waals surface area contributed by atoms with Crippen molar-refractivity contribution in [2.75, 3.05) is 5.32 Å². The number of para-hydroxylation sites is 1. The van der Waals surface area contributed by atoms with Gasteiger partial charge < -0.3 is 9.88 Å². The number of aromatic nitrogens is 1. The van der Waals surface area contributed by atoms with Crippen LogP contribution in [0.3, 0.4) is 0 Å². The molecule has 3 aromatic rings. The first kappa shape index (κ1) is 20.1. The maximum Gasteiger partial charge on any atom is 0.257 e. The molecule has 0 aliphatic rings. The molecule has 1 amide bonds. The van der Waals surface area contributed by atoms with Crippen LogP contribution >= 0.6 is 0 Å². The lowest BCUT2D eigenvalue weighted by molar-refractivity contribution is 0.102. The van der Waals surface area contributed by atoms with Gasteiger partial charge in [-0.05, 0) is 36.1 Å². The molecule has 7 heteroatoms. The molecule has 0 fully saturated rings. The van der Waals surface area contributed by atoms with E-state index in [0.29, 0.717) is 29.2 Å². The molecule has 1 heterocycles. The van der Waals surface area contributed by atoms with Crippen LogP contribution in [0.5, 0.6) is 0 Å². The Hall–Kier alpha value is -2.64. The second-order valence-corrected chi connectivity index (χ2v) is 8.81. The molecule has 0 atom stereocenters. The number of hydrogen-bond donors (Lipinski definition) is 2. The van der Waals surface area contributed by atoms with Crippen LogP contribution in [0.25, 0.3) is 10.9 Å². The van der Waals surface area contributed by atoms with E-state index in [9.17, 15) is 13.2 Å². The topological polar surface area (TPSA) is 94.2 Å². The number of anilines is 1. The summed E-state index contributed by atoms with van der Waals surface area (Å²) < 4.78 is 25.8. The number of hydrogen-bond acceptors (Lipinski definition) is 3. The highest BCUT2D eigenvalue weighted by Gasteiger charge is 2.18. The molecule has 0 aliphatic carbocycles. The third-order valence-electron chi connectivity index (χ3n) is 4.61. The third-order valence-corrected chi connectivity index (χ3v) is 5.60. The molecule has 3 rings (SSSR count). The van der Waals surface area contributed by atoms with E-state index in [4.69, 9.17) is 5.14 Å². The molecule has 0 aliphatic heterocycles. The monoisotopic (exact) mass is 399 g/mol. The Balaban J connectivity index is 1.98. The minimum atomic E-state index is -3.87. The van der Waals surface area contributed by atoms with Crippen LogP contribution in [-0.4, -0.2) is 18.9 Å². The van der Waals surface area contributed by atoms with Crippen molar-refractivity contribution in [1.82, 2.24) is 4.57 Å². The number of fused-ring (bicyclic) bond motifs is 1. The molecule has 148 valence electrons. The first-order valence-electron chi connectivity index (χ1n) is 9.25. The summed E-state index contributed by atoms with van der Waals surface area (Å²) in [6.45, 7) is 6.90. The van der Waals surface area contributed by atoms with Gasteiger partial charge in [-0.25, -0.2) is 13.6 Å². The van der Waals surface area contributed by atoms with Crippen LogP contribution < -0.4 is 10.5 Å². The number of benzene rings is 2. The highest BCUT2D eigenvalue weighted by atomic mass is 32.2. The molecule has 0 bridgehead atoms. The SMILES string of the molecule is CCc1ccc(NC(=O)c2cn(CC(C)C)c3ccccc23)cc1S(N)(=O)=O. The van der Waals surface area contributed by atoms with Gasteiger partial charge in [0.05, 0.1) is 10.5 Å². The zero-order valence-corrected chi connectivity index (χ0v) is 17.1. The number of nitrogens with zero attached hydrogens (tertiary/aromatic N) is 1. The summed E-state index contributed by atoms with van der Waals surface area (Å²) in [7, 11) is -3.87. The zero-order chi connectivity index (χ0) is 20.5. The van der Waals surface area contributed by atoms with Gasteiger partial charge in [-0.3, -0.25) is 4.79 Å². The van der Waals surface area contributed by atoms with E-state index < -0.39 is 10.0 Å². The number of carbonyl (C=O) groups is 1. The number of primary sulfonamides is 1. The average Bonchev–Trinajstić information content (AvgIpc) is 2.99. The second kappa shape index (κ2) is 7.77. The van der Waals surface area contributed by atoms with Gasteiger partial charge in [0.15, 0.2) is 0 Å².